The van der Waals surface area contributed by atoms with Gasteiger partial charge >= 0.3 is 6.01 Å². The molecule has 8 heteroatoms. The van der Waals surface area contributed by atoms with Crippen LogP contribution < -0.4 is 20.9 Å². The summed E-state index contributed by atoms with van der Waals surface area (Å²) in [5.74, 6) is 6.33. The molecule has 1 fully saturated rings. The highest BCUT2D eigenvalue weighted by molar-refractivity contribution is 5.38. The molecule has 0 saturated carbocycles. The van der Waals surface area contributed by atoms with E-state index in [1.54, 1.807) is 0 Å². The number of nitrogen functional groups attached to an aromatic ring is 1. The first-order valence-corrected chi connectivity index (χ1v) is 7.29. The summed E-state index contributed by atoms with van der Waals surface area (Å²) in [7, 11) is 0. The van der Waals surface area contributed by atoms with Crippen LogP contribution >= 0.6 is 0 Å². The third kappa shape index (κ3) is 3.92. The molecular weight excluding hydrogens is 270 g/mol. The van der Waals surface area contributed by atoms with Gasteiger partial charge in [-0.05, 0) is 27.7 Å². The van der Waals surface area contributed by atoms with E-state index in [0.717, 1.165) is 26.2 Å². The molecule has 1 aromatic rings. The number of nitrogens with two attached hydrogens (primary N) is 1. The third-order valence-electron chi connectivity index (χ3n) is 3.52. The molecule has 0 aliphatic carbocycles. The van der Waals surface area contributed by atoms with Crippen LogP contribution in [-0.4, -0.2) is 58.2 Å². The third-order valence-corrected chi connectivity index (χ3v) is 3.52. The minimum absolute atomic E-state index is 0.186. The van der Waals surface area contributed by atoms with Crippen LogP contribution in [0, 0.1) is 0 Å². The summed E-state index contributed by atoms with van der Waals surface area (Å²) in [6.45, 7) is 12.8. The summed E-state index contributed by atoms with van der Waals surface area (Å²) in [4.78, 5) is 17.3. The van der Waals surface area contributed by atoms with E-state index in [0.29, 0.717) is 24.5 Å². The van der Waals surface area contributed by atoms with E-state index in [9.17, 15) is 0 Å². The van der Waals surface area contributed by atoms with Crippen molar-refractivity contribution in [3.63, 3.8) is 0 Å². The van der Waals surface area contributed by atoms with Crippen LogP contribution in [0.3, 0.4) is 0 Å². The minimum Gasteiger partial charge on any atom is -0.464 e. The predicted molar refractivity (Wildman–Crippen MR) is 82.3 cm³/mol. The second-order valence-corrected chi connectivity index (χ2v) is 5.96. The van der Waals surface area contributed by atoms with Gasteiger partial charge in [-0.3, -0.25) is 10.3 Å². The first-order chi connectivity index (χ1) is 9.94. The molecular formula is C13H25N7O. The fraction of sp³-hybridized carbons (Fsp3) is 0.769. The number of nitrogens with one attached hydrogen (secondary N) is 1. The van der Waals surface area contributed by atoms with Crippen molar-refractivity contribution < 1.29 is 4.74 Å². The quantitative estimate of drug-likeness (QED) is 0.612. The molecule has 8 nitrogen and oxygen atoms in total. The van der Waals surface area contributed by atoms with Crippen LogP contribution in [0.5, 0.6) is 6.01 Å². The summed E-state index contributed by atoms with van der Waals surface area (Å²) in [5, 5.41) is 0. The standard InChI is InChI=1S/C13H25N7O/c1-5-21-12-16-10(18-14)15-11(17-12)19-6-8-20(9-7-19)13(2,3)4/h5-9,14H2,1-4H3,(H,15,16,17,18). The van der Waals surface area contributed by atoms with Crippen LogP contribution in [0.25, 0.3) is 0 Å². The van der Waals surface area contributed by atoms with E-state index >= 15 is 0 Å². The predicted octanol–water partition coefficient (Wildman–Crippen LogP) is 0.476. The number of piperazine rings is 1. The Morgan fingerprint density at radius 1 is 1.14 bits per heavy atom. The van der Waals surface area contributed by atoms with E-state index < -0.39 is 0 Å². The molecule has 0 unspecified atom stereocenters. The largest absolute Gasteiger partial charge is 0.464 e. The van der Waals surface area contributed by atoms with Gasteiger partial charge in [0.25, 0.3) is 0 Å². The Labute approximate surface area is 125 Å². The molecule has 21 heavy (non-hydrogen) atoms. The average molecular weight is 295 g/mol. The van der Waals surface area contributed by atoms with Gasteiger partial charge < -0.3 is 9.64 Å². The van der Waals surface area contributed by atoms with Crippen molar-refractivity contribution in [3.8, 4) is 6.01 Å². The summed E-state index contributed by atoms with van der Waals surface area (Å²) in [5.41, 5.74) is 2.65. The Kier molecular flexibility index (Phi) is 4.79. The fourth-order valence-corrected chi connectivity index (χ4v) is 2.32. The molecule has 3 N–H and O–H groups in total. The number of hydrogen-bond donors (Lipinski definition) is 2. The SMILES string of the molecule is CCOc1nc(NN)nc(N2CCN(C(C)(C)C)CC2)n1. The van der Waals surface area contributed by atoms with Crippen LogP contribution in [0.1, 0.15) is 27.7 Å². The lowest BCUT2D eigenvalue weighted by atomic mass is 10.1. The molecule has 0 atom stereocenters. The van der Waals surface area contributed by atoms with Gasteiger partial charge in [-0.15, -0.1) is 0 Å². The van der Waals surface area contributed by atoms with Gasteiger partial charge in [-0.1, -0.05) is 0 Å². The first-order valence-electron chi connectivity index (χ1n) is 7.29. The number of ether oxygens (including phenoxy) is 1. The van der Waals surface area contributed by atoms with Gasteiger partial charge in [0.2, 0.25) is 11.9 Å². The molecule has 2 rings (SSSR count). The highest BCUT2D eigenvalue weighted by Crippen LogP contribution is 2.20. The topological polar surface area (TPSA) is 92.4 Å². The molecule has 0 bridgehead atoms. The fourth-order valence-electron chi connectivity index (χ4n) is 2.32. The monoisotopic (exact) mass is 295 g/mol. The van der Waals surface area contributed by atoms with Crippen molar-refractivity contribution in [3.05, 3.63) is 0 Å². The number of nitrogens with zero attached hydrogens (tertiary/aromatic N) is 5. The summed E-state index contributed by atoms with van der Waals surface area (Å²) >= 11 is 0. The molecule has 2 heterocycles. The highest BCUT2D eigenvalue weighted by Gasteiger charge is 2.27. The molecule has 118 valence electrons. The van der Waals surface area contributed by atoms with Crippen molar-refractivity contribution in [2.24, 2.45) is 5.84 Å². The van der Waals surface area contributed by atoms with E-state index in [-0.39, 0.29) is 5.54 Å². The Morgan fingerprint density at radius 2 is 1.81 bits per heavy atom. The maximum absolute atomic E-state index is 5.41. The van der Waals surface area contributed by atoms with Crippen molar-refractivity contribution in [2.45, 2.75) is 33.2 Å². The van der Waals surface area contributed by atoms with Crippen molar-refractivity contribution in [1.29, 1.82) is 0 Å². The molecule has 1 aliphatic heterocycles. The maximum Gasteiger partial charge on any atom is 0.323 e. The summed E-state index contributed by atoms with van der Waals surface area (Å²) < 4.78 is 5.36. The molecule has 0 spiro atoms. The molecule has 0 radical (unpaired) electrons. The molecule has 1 aliphatic rings. The van der Waals surface area contributed by atoms with Gasteiger partial charge in [0.1, 0.15) is 0 Å². The van der Waals surface area contributed by atoms with E-state index in [2.05, 4.69) is 50.9 Å². The molecule has 0 aromatic carbocycles. The summed E-state index contributed by atoms with van der Waals surface area (Å²) in [6, 6.07) is 0.300. The van der Waals surface area contributed by atoms with Gasteiger partial charge in [-0.25, -0.2) is 5.84 Å². The van der Waals surface area contributed by atoms with Gasteiger partial charge in [-0.2, -0.15) is 15.0 Å². The van der Waals surface area contributed by atoms with Gasteiger partial charge in [0, 0.05) is 31.7 Å². The Bertz CT molecular complexity index is 466. The molecule has 0 amide bonds. The Balaban J connectivity index is 2.10. The zero-order chi connectivity index (χ0) is 15.5. The van der Waals surface area contributed by atoms with Crippen molar-refractivity contribution >= 4 is 11.9 Å². The molecule has 1 aromatic heterocycles. The number of anilines is 2. The van der Waals surface area contributed by atoms with E-state index in [1.807, 2.05) is 6.92 Å². The highest BCUT2D eigenvalue weighted by atomic mass is 16.5. The smallest absolute Gasteiger partial charge is 0.323 e. The zero-order valence-electron chi connectivity index (χ0n) is 13.3. The number of rotatable bonds is 4. The van der Waals surface area contributed by atoms with Crippen molar-refractivity contribution in [1.82, 2.24) is 19.9 Å². The second kappa shape index (κ2) is 6.40. The normalized spacial score (nSPS) is 16.9. The van der Waals surface area contributed by atoms with Crippen LogP contribution in [0.15, 0.2) is 0 Å². The van der Waals surface area contributed by atoms with Crippen LogP contribution in [-0.2, 0) is 0 Å². The maximum atomic E-state index is 5.41. The summed E-state index contributed by atoms with van der Waals surface area (Å²) in [6.07, 6.45) is 0. The van der Waals surface area contributed by atoms with Gasteiger partial charge in [0.05, 0.1) is 6.61 Å². The lowest BCUT2D eigenvalue weighted by Crippen LogP contribution is -2.53. The number of hydrazine groups is 1. The van der Waals surface area contributed by atoms with E-state index in [4.69, 9.17) is 10.6 Å². The minimum atomic E-state index is 0.186. The zero-order valence-corrected chi connectivity index (χ0v) is 13.3. The van der Waals surface area contributed by atoms with Gasteiger partial charge in [0.15, 0.2) is 0 Å². The van der Waals surface area contributed by atoms with E-state index in [1.165, 1.54) is 0 Å². The number of aromatic nitrogens is 3. The lowest BCUT2D eigenvalue weighted by Gasteiger charge is -2.42. The second-order valence-electron chi connectivity index (χ2n) is 5.96. The lowest BCUT2D eigenvalue weighted by molar-refractivity contribution is 0.128. The Morgan fingerprint density at radius 3 is 2.33 bits per heavy atom. The number of hydrogen-bond acceptors (Lipinski definition) is 8. The Hall–Kier alpha value is -1.67. The van der Waals surface area contributed by atoms with Crippen molar-refractivity contribution in [2.75, 3.05) is 43.1 Å². The first kappa shape index (κ1) is 15.7. The molecule has 1 saturated heterocycles. The average Bonchev–Trinajstić information content (AvgIpc) is 2.46. The van der Waals surface area contributed by atoms with Crippen LogP contribution in [0.2, 0.25) is 0 Å². The van der Waals surface area contributed by atoms with Crippen LogP contribution in [0.4, 0.5) is 11.9 Å².